The minimum absolute atomic E-state index is 0.0196. The summed E-state index contributed by atoms with van der Waals surface area (Å²) in [7, 11) is 0. The molecule has 1 amide bonds. The van der Waals surface area contributed by atoms with Crippen molar-refractivity contribution in [3.63, 3.8) is 0 Å². The van der Waals surface area contributed by atoms with Crippen molar-refractivity contribution in [3.05, 3.63) is 80.6 Å². The van der Waals surface area contributed by atoms with E-state index < -0.39 is 10.8 Å². The van der Waals surface area contributed by atoms with Crippen molar-refractivity contribution in [2.45, 2.75) is 13.5 Å². The minimum atomic E-state index is -0.587. The predicted molar refractivity (Wildman–Crippen MR) is 101 cm³/mol. The van der Waals surface area contributed by atoms with E-state index in [2.05, 4.69) is 5.32 Å². The van der Waals surface area contributed by atoms with Crippen molar-refractivity contribution in [1.82, 2.24) is 0 Å². The molecule has 0 unspecified atom stereocenters. The predicted octanol–water partition coefficient (Wildman–Crippen LogP) is 4.56. The number of nitrogens with one attached hydrogen (secondary N) is 1. The number of nitro groups is 1. The number of aryl methyl sites for hydroxylation is 1. The second kappa shape index (κ2) is 7.61. The Morgan fingerprint density at radius 2 is 2.00 bits per heavy atom. The summed E-state index contributed by atoms with van der Waals surface area (Å²) in [6, 6.07) is 12.4. The molecule has 0 aliphatic rings. The fraction of sp³-hybridized carbons (Fsp3) is 0.105. The first kappa shape index (κ1) is 18.6. The molecule has 2 aromatic carbocycles. The van der Waals surface area contributed by atoms with Crippen LogP contribution in [-0.4, -0.2) is 15.9 Å². The van der Waals surface area contributed by atoms with Gasteiger partial charge in [-0.25, -0.2) is 0 Å². The molecule has 7 nitrogen and oxygen atoms in total. The average molecular weight is 387 g/mol. The number of nitrogens with zero attached hydrogens (tertiary/aromatic N) is 1. The molecule has 0 atom stereocenters. The van der Waals surface area contributed by atoms with Gasteiger partial charge in [-0.05, 0) is 48.9 Å². The lowest BCUT2D eigenvalue weighted by Crippen LogP contribution is -2.13. The molecule has 0 radical (unpaired) electrons. The van der Waals surface area contributed by atoms with Gasteiger partial charge in [0, 0.05) is 23.4 Å². The van der Waals surface area contributed by atoms with Crippen molar-refractivity contribution in [1.29, 1.82) is 0 Å². The normalized spacial score (nSPS) is 10.6. The van der Waals surface area contributed by atoms with Crippen molar-refractivity contribution in [2.75, 3.05) is 5.32 Å². The lowest BCUT2D eigenvalue weighted by Gasteiger charge is -2.10. The van der Waals surface area contributed by atoms with Crippen molar-refractivity contribution in [3.8, 4) is 11.3 Å². The number of furan rings is 1. The smallest absolute Gasteiger partial charge is 0.270 e. The van der Waals surface area contributed by atoms with Crippen LogP contribution in [0.15, 0.2) is 52.9 Å². The monoisotopic (exact) mass is 386 g/mol. The van der Waals surface area contributed by atoms with Crippen molar-refractivity contribution >= 4 is 28.9 Å². The molecule has 2 N–H and O–H groups in total. The van der Waals surface area contributed by atoms with Gasteiger partial charge in [-0.2, -0.15) is 0 Å². The molecule has 1 aromatic heterocycles. The molecule has 0 saturated carbocycles. The van der Waals surface area contributed by atoms with Crippen molar-refractivity contribution < 1.29 is 19.2 Å². The molecule has 0 bridgehead atoms. The van der Waals surface area contributed by atoms with Crippen LogP contribution in [-0.2, 0) is 6.61 Å². The second-order valence-electron chi connectivity index (χ2n) is 5.83. The molecular weight excluding hydrogens is 372 g/mol. The Bertz CT molecular complexity index is 1030. The first-order valence-electron chi connectivity index (χ1n) is 7.95. The summed E-state index contributed by atoms with van der Waals surface area (Å²) >= 11 is 6.00. The molecule has 3 rings (SSSR count). The van der Waals surface area contributed by atoms with Crippen LogP contribution in [0.3, 0.4) is 0 Å². The summed E-state index contributed by atoms with van der Waals surface area (Å²) in [6.07, 6.45) is 0. The largest absolute Gasteiger partial charge is 0.459 e. The van der Waals surface area contributed by atoms with Gasteiger partial charge in [-0.15, -0.1) is 0 Å². The van der Waals surface area contributed by atoms with Gasteiger partial charge in [0.2, 0.25) is 0 Å². The van der Waals surface area contributed by atoms with Crippen LogP contribution in [0.1, 0.15) is 21.7 Å². The molecule has 1 heterocycles. The van der Waals surface area contributed by atoms with Gasteiger partial charge in [0.25, 0.3) is 11.6 Å². The van der Waals surface area contributed by atoms with Crippen LogP contribution >= 0.6 is 11.6 Å². The number of nitro benzene ring substituents is 1. The van der Waals surface area contributed by atoms with Gasteiger partial charge in [0.05, 0.1) is 15.5 Å². The third kappa shape index (κ3) is 3.99. The van der Waals surface area contributed by atoms with Gasteiger partial charge >= 0.3 is 0 Å². The third-order valence-electron chi connectivity index (χ3n) is 3.97. The van der Waals surface area contributed by atoms with E-state index in [9.17, 15) is 14.9 Å². The van der Waals surface area contributed by atoms with E-state index in [0.29, 0.717) is 17.2 Å². The number of amides is 1. The Kier molecular flexibility index (Phi) is 5.25. The first-order valence-corrected chi connectivity index (χ1v) is 8.32. The van der Waals surface area contributed by atoms with E-state index in [1.807, 2.05) is 6.92 Å². The number of hydrogen-bond acceptors (Lipinski definition) is 5. The number of aliphatic hydroxyl groups excluding tert-OH is 1. The highest BCUT2D eigenvalue weighted by Gasteiger charge is 2.16. The first-order chi connectivity index (χ1) is 12.9. The molecule has 0 aliphatic heterocycles. The summed E-state index contributed by atoms with van der Waals surface area (Å²) < 4.78 is 5.52. The molecule has 138 valence electrons. The number of benzene rings is 2. The number of aliphatic hydroxyl groups is 1. The fourth-order valence-electron chi connectivity index (χ4n) is 2.62. The quantitative estimate of drug-likeness (QED) is 0.493. The molecule has 0 spiro atoms. The molecule has 3 aromatic rings. The standard InChI is InChI=1S/C19H15ClN2O5/c1-11-8-12(2-5-15(11)18-7-4-14(10-23)27-18)21-19(24)16-9-13(22(25)26)3-6-17(16)20/h2-9,23H,10H2,1H3,(H,21,24). The number of halogens is 1. The van der Waals surface area contributed by atoms with Crippen LogP contribution in [0.2, 0.25) is 5.02 Å². The highest BCUT2D eigenvalue weighted by Crippen LogP contribution is 2.29. The van der Waals surface area contributed by atoms with Crippen LogP contribution in [0.5, 0.6) is 0 Å². The number of carbonyl (C=O) groups excluding carboxylic acids is 1. The number of carbonyl (C=O) groups is 1. The molecule has 0 aliphatic carbocycles. The van der Waals surface area contributed by atoms with Crippen LogP contribution in [0, 0.1) is 17.0 Å². The maximum absolute atomic E-state index is 12.5. The maximum atomic E-state index is 12.5. The molecule has 0 fully saturated rings. The van der Waals surface area contributed by atoms with Crippen LogP contribution in [0.4, 0.5) is 11.4 Å². The zero-order valence-electron chi connectivity index (χ0n) is 14.2. The number of hydrogen-bond donors (Lipinski definition) is 2. The summed E-state index contributed by atoms with van der Waals surface area (Å²) in [4.78, 5) is 22.8. The Hall–Kier alpha value is -3.16. The van der Waals surface area contributed by atoms with Crippen LogP contribution < -0.4 is 5.32 Å². The number of non-ortho nitro benzene ring substituents is 1. The van der Waals surface area contributed by atoms with E-state index in [0.717, 1.165) is 17.2 Å². The Labute approximate surface area is 159 Å². The van der Waals surface area contributed by atoms with Gasteiger partial charge in [0.15, 0.2) is 0 Å². The van der Waals surface area contributed by atoms with Gasteiger partial charge in [-0.1, -0.05) is 11.6 Å². The minimum Gasteiger partial charge on any atom is -0.459 e. The van der Waals surface area contributed by atoms with E-state index in [1.165, 1.54) is 12.1 Å². The second-order valence-corrected chi connectivity index (χ2v) is 6.24. The Balaban J connectivity index is 1.84. The van der Waals surface area contributed by atoms with Gasteiger partial charge in [0.1, 0.15) is 18.1 Å². The molecule has 27 heavy (non-hydrogen) atoms. The topological polar surface area (TPSA) is 106 Å². The highest BCUT2D eigenvalue weighted by molar-refractivity contribution is 6.34. The van der Waals surface area contributed by atoms with Gasteiger partial charge < -0.3 is 14.8 Å². The zero-order chi connectivity index (χ0) is 19.6. The van der Waals surface area contributed by atoms with E-state index >= 15 is 0 Å². The average Bonchev–Trinajstić information content (AvgIpc) is 3.10. The molecule has 0 saturated heterocycles. The lowest BCUT2D eigenvalue weighted by atomic mass is 10.1. The maximum Gasteiger partial charge on any atom is 0.270 e. The SMILES string of the molecule is Cc1cc(NC(=O)c2cc([N+](=O)[O-])ccc2Cl)ccc1-c1ccc(CO)o1. The van der Waals surface area contributed by atoms with E-state index in [1.54, 1.807) is 30.3 Å². The zero-order valence-corrected chi connectivity index (χ0v) is 15.0. The molecular formula is C19H15ClN2O5. The Morgan fingerprint density at radius 1 is 1.22 bits per heavy atom. The number of anilines is 1. The van der Waals surface area contributed by atoms with Crippen LogP contribution in [0.25, 0.3) is 11.3 Å². The summed E-state index contributed by atoms with van der Waals surface area (Å²) in [5.41, 5.74) is 1.98. The summed E-state index contributed by atoms with van der Waals surface area (Å²) in [6.45, 7) is 1.67. The van der Waals surface area contributed by atoms with Gasteiger partial charge in [-0.3, -0.25) is 14.9 Å². The summed E-state index contributed by atoms with van der Waals surface area (Å²) in [5, 5.41) is 22.8. The Morgan fingerprint density at radius 3 is 2.63 bits per heavy atom. The summed E-state index contributed by atoms with van der Waals surface area (Å²) in [5.74, 6) is 0.523. The van der Waals surface area contributed by atoms with Crippen molar-refractivity contribution in [2.24, 2.45) is 0 Å². The third-order valence-corrected chi connectivity index (χ3v) is 4.30. The molecule has 8 heteroatoms. The van der Waals surface area contributed by atoms with E-state index in [-0.39, 0.29) is 22.9 Å². The number of rotatable bonds is 5. The highest BCUT2D eigenvalue weighted by atomic mass is 35.5. The fourth-order valence-corrected chi connectivity index (χ4v) is 2.83. The van der Waals surface area contributed by atoms with E-state index in [4.69, 9.17) is 21.1 Å². The lowest BCUT2D eigenvalue weighted by molar-refractivity contribution is -0.384.